The Morgan fingerprint density at radius 2 is 1.59 bits per heavy atom. The fourth-order valence-electron chi connectivity index (χ4n) is 1.47. The molecule has 0 saturated heterocycles. The summed E-state index contributed by atoms with van der Waals surface area (Å²) < 4.78 is 5.74. The second-order valence-electron chi connectivity index (χ2n) is 3.45. The summed E-state index contributed by atoms with van der Waals surface area (Å²) in [4.78, 5) is 10.3. The molecule has 84 valence electrons. The number of carbonyl (C=O) groups is 1. The first-order valence-electron chi connectivity index (χ1n) is 5.34. The lowest BCUT2D eigenvalue weighted by Crippen LogP contribution is -1.86. The predicted octanol–water partition coefficient (Wildman–Crippen LogP) is 3.69. The summed E-state index contributed by atoms with van der Waals surface area (Å²) in [5.41, 5.74) is 0.878. The van der Waals surface area contributed by atoms with Crippen molar-refractivity contribution in [1.29, 1.82) is 0 Å². The first kappa shape index (κ1) is 11.1. The van der Waals surface area contributed by atoms with Gasteiger partial charge in [-0.3, -0.25) is 4.79 Å². The van der Waals surface area contributed by atoms with Gasteiger partial charge in [-0.15, -0.1) is 0 Å². The second kappa shape index (κ2) is 5.66. The topological polar surface area (TPSA) is 26.3 Å². The third kappa shape index (κ3) is 3.05. The average Bonchev–Trinajstić information content (AvgIpc) is 2.39. The van der Waals surface area contributed by atoms with Crippen LogP contribution in [0, 0.1) is 0 Å². The Morgan fingerprint density at radius 3 is 2.35 bits per heavy atom. The quantitative estimate of drug-likeness (QED) is 0.584. The molecular formula is C15H12O2. The maximum atomic E-state index is 10.3. The summed E-state index contributed by atoms with van der Waals surface area (Å²) in [5.74, 6) is 1.51. The highest BCUT2D eigenvalue weighted by molar-refractivity contribution is 5.75. The number of aldehydes is 1. The Bertz CT molecular complexity index is 515. The lowest BCUT2D eigenvalue weighted by molar-refractivity contribution is -0.104. The molecule has 0 radical (unpaired) electrons. The minimum atomic E-state index is 0.733. The van der Waals surface area contributed by atoms with Crippen molar-refractivity contribution in [3.05, 3.63) is 66.2 Å². The zero-order chi connectivity index (χ0) is 11.9. The summed E-state index contributed by atoms with van der Waals surface area (Å²) >= 11 is 0. The van der Waals surface area contributed by atoms with Gasteiger partial charge < -0.3 is 4.74 Å². The van der Waals surface area contributed by atoms with Crippen molar-refractivity contribution >= 4 is 12.4 Å². The van der Waals surface area contributed by atoms with E-state index in [0.717, 1.165) is 23.3 Å². The first-order valence-corrected chi connectivity index (χ1v) is 5.34. The van der Waals surface area contributed by atoms with Crippen LogP contribution in [0.15, 0.2) is 60.7 Å². The Labute approximate surface area is 100 Å². The molecule has 0 unspecified atom stereocenters. The molecule has 0 spiro atoms. The van der Waals surface area contributed by atoms with Gasteiger partial charge in [-0.2, -0.15) is 0 Å². The number of hydrogen-bond donors (Lipinski definition) is 0. The summed E-state index contributed by atoms with van der Waals surface area (Å²) in [6, 6.07) is 17.1. The molecule has 2 aromatic carbocycles. The van der Waals surface area contributed by atoms with Gasteiger partial charge >= 0.3 is 0 Å². The van der Waals surface area contributed by atoms with E-state index < -0.39 is 0 Å². The fourth-order valence-corrected chi connectivity index (χ4v) is 1.47. The molecule has 0 aliphatic rings. The van der Waals surface area contributed by atoms with E-state index in [1.165, 1.54) is 6.08 Å². The van der Waals surface area contributed by atoms with Crippen LogP contribution in [-0.4, -0.2) is 6.29 Å². The second-order valence-corrected chi connectivity index (χ2v) is 3.45. The Morgan fingerprint density at radius 1 is 0.882 bits per heavy atom. The average molecular weight is 224 g/mol. The van der Waals surface area contributed by atoms with E-state index in [1.54, 1.807) is 6.08 Å². The van der Waals surface area contributed by atoms with Crippen LogP contribution in [0.4, 0.5) is 0 Å². The van der Waals surface area contributed by atoms with Crippen LogP contribution in [0.5, 0.6) is 11.5 Å². The van der Waals surface area contributed by atoms with E-state index in [0.29, 0.717) is 0 Å². The number of ether oxygens (including phenoxy) is 1. The molecule has 2 nitrogen and oxygen atoms in total. The molecule has 0 saturated carbocycles. The molecule has 0 fully saturated rings. The fraction of sp³-hybridized carbons (Fsp3) is 0. The van der Waals surface area contributed by atoms with E-state index in [4.69, 9.17) is 4.74 Å². The van der Waals surface area contributed by atoms with E-state index >= 15 is 0 Å². The van der Waals surface area contributed by atoms with Crippen molar-refractivity contribution in [1.82, 2.24) is 0 Å². The third-order valence-corrected chi connectivity index (χ3v) is 2.24. The highest BCUT2D eigenvalue weighted by Gasteiger charge is 2.00. The highest BCUT2D eigenvalue weighted by atomic mass is 16.5. The molecule has 0 atom stereocenters. The van der Waals surface area contributed by atoms with Gasteiger partial charge in [-0.05, 0) is 30.4 Å². The van der Waals surface area contributed by atoms with Gasteiger partial charge in [0.05, 0.1) is 0 Å². The molecule has 0 heterocycles. The summed E-state index contributed by atoms with van der Waals surface area (Å²) in [6.45, 7) is 0. The van der Waals surface area contributed by atoms with E-state index in [9.17, 15) is 4.79 Å². The Hall–Kier alpha value is -2.35. The van der Waals surface area contributed by atoms with Crippen molar-refractivity contribution < 1.29 is 9.53 Å². The number of carbonyl (C=O) groups excluding carboxylic acids is 1. The molecular weight excluding hydrogens is 212 g/mol. The summed E-state index contributed by atoms with van der Waals surface area (Å²) in [6.07, 6.45) is 3.93. The maximum Gasteiger partial charge on any atom is 0.142 e. The first-order chi connectivity index (χ1) is 8.40. The van der Waals surface area contributed by atoms with Gasteiger partial charge in [0.15, 0.2) is 0 Å². The zero-order valence-electron chi connectivity index (χ0n) is 9.24. The van der Waals surface area contributed by atoms with E-state index in [1.807, 2.05) is 54.6 Å². The number of rotatable bonds is 4. The molecule has 17 heavy (non-hydrogen) atoms. The van der Waals surface area contributed by atoms with Gasteiger partial charge in [-0.1, -0.05) is 36.4 Å². The smallest absolute Gasteiger partial charge is 0.142 e. The van der Waals surface area contributed by atoms with Gasteiger partial charge in [0, 0.05) is 5.56 Å². The molecule has 0 aliphatic heterocycles. The van der Waals surface area contributed by atoms with Crippen LogP contribution in [0.1, 0.15) is 5.56 Å². The van der Waals surface area contributed by atoms with Crippen molar-refractivity contribution in [3.8, 4) is 11.5 Å². The molecule has 0 amide bonds. The molecule has 2 heteroatoms. The largest absolute Gasteiger partial charge is 0.457 e. The lowest BCUT2D eigenvalue weighted by Gasteiger charge is -2.08. The van der Waals surface area contributed by atoms with Gasteiger partial charge in [0.1, 0.15) is 17.8 Å². The summed E-state index contributed by atoms with van der Waals surface area (Å²) in [5, 5.41) is 0. The van der Waals surface area contributed by atoms with Crippen molar-refractivity contribution in [3.63, 3.8) is 0 Å². The highest BCUT2D eigenvalue weighted by Crippen LogP contribution is 2.25. The van der Waals surface area contributed by atoms with Crippen LogP contribution < -0.4 is 4.74 Å². The number of hydrogen-bond acceptors (Lipinski definition) is 2. The molecule has 0 aromatic heterocycles. The van der Waals surface area contributed by atoms with Crippen LogP contribution in [0.3, 0.4) is 0 Å². The Kier molecular flexibility index (Phi) is 3.71. The zero-order valence-corrected chi connectivity index (χ0v) is 9.24. The van der Waals surface area contributed by atoms with Crippen molar-refractivity contribution in [2.45, 2.75) is 0 Å². The SMILES string of the molecule is O=C/C=C/c1ccccc1Oc1ccccc1. The summed E-state index contributed by atoms with van der Waals surface area (Å²) in [7, 11) is 0. The van der Waals surface area contributed by atoms with Crippen LogP contribution in [0.25, 0.3) is 6.08 Å². The van der Waals surface area contributed by atoms with Crippen LogP contribution >= 0.6 is 0 Å². The van der Waals surface area contributed by atoms with Gasteiger partial charge in [-0.25, -0.2) is 0 Å². The van der Waals surface area contributed by atoms with E-state index in [2.05, 4.69) is 0 Å². The minimum Gasteiger partial charge on any atom is -0.457 e. The van der Waals surface area contributed by atoms with E-state index in [-0.39, 0.29) is 0 Å². The van der Waals surface area contributed by atoms with Gasteiger partial charge in [0.25, 0.3) is 0 Å². The molecule has 2 rings (SSSR count). The van der Waals surface area contributed by atoms with Crippen LogP contribution in [-0.2, 0) is 4.79 Å². The maximum absolute atomic E-state index is 10.3. The lowest BCUT2D eigenvalue weighted by atomic mass is 10.2. The normalized spacial score (nSPS) is 10.4. The number of benzene rings is 2. The van der Waals surface area contributed by atoms with Gasteiger partial charge in [0.2, 0.25) is 0 Å². The molecule has 0 N–H and O–H groups in total. The minimum absolute atomic E-state index is 0.733. The molecule has 0 aliphatic carbocycles. The standard InChI is InChI=1S/C15H12O2/c16-12-6-8-13-7-4-5-11-15(13)17-14-9-2-1-3-10-14/h1-12H/b8-6+. The third-order valence-electron chi connectivity index (χ3n) is 2.24. The number of para-hydroxylation sites is 2. The Balaban J connectivity index is 2.26. The van der Waals surface area contributed by atoms with Crippen molar-refractivity contribution in [2.24, 2.45) is 0 Å². The predicted molar refractivity (Wildman–Crippen MR) is 68.1 cm³/mol. The number of allylic oxidation sites excluding steroid dienone is 1. The van der Waals surface area contributed by atoms with Crippen LogP contribution in [0.2, 0.25) is 0 Å². The van der Waals surface area contributed by atoms with Crippen molar-refractivity contribution in [2.75, 3.05) is 0 Å². The molecule has 0 bridgehead atoms. The monoisotopic (exact) mass is 224 g/mol. The molecule has 2 aromatic rings.